The number of carbonyl (C=O) groups is 1. The zero-order valence-corrected chi connectivity index (χ0v) is 8.37. The summed E-state index contributed by atoms with van der Waals surface area (Å²) in [5.41, 5.74) is -0.534. The number of rotatable bonds is 3. The standard InChI is InChI=1S/C10H8F2N2O2/c1-5-7(3-13)14-4-6(2-8(15)16)9(5)10(11)12/h4,10H,2H2,1H3,(H,15,16). The van der Waals surface area contributed by atoms with Crippen LogP contribution in [0.4, 0.5) is 8.78 Å². The highest BCUT2D eigenvalue weighted by Gasteiger charge is 2.20. The van der Waals surface area contributed by atoms with Crippen LogP contribution in [0.25, 0.3) is 0 Å². The van der Waals surface area contributed by atoms with Crippen molar-refractivity contribution in [3.05, 3.63) is 28.6 Å². The van der Waals surface area contributed by atoms with Gasteiger partial charge < -0.3 is 5.11 Å². The molecule has 1 heterocycles. The number of nitrogens with zero attached hydrogens (tertiary/aromatic N) is 2. The summed E-state index contributed by atoms with van der Waals surface area (Å²) in [5.74, 6) is -1.21. The summed E-state index contributed by atoms with van der Waals surface area (Å²) < 4.78 is 25.5. The smallest absolute Gasteiger partial charge is 0.307 e. The average Bonchev–Trinajstić information content (AvgIpc) is 2.16. The predicted octanol–water partition coefficient (Wildman–Crippen LogP) is 1.83. The molecule has 1 rings (SSSR count). The Morgan fingerprint density at radius 3 is 2.75 bits per heavy atom. The molecule has 1 aromatic heterocycles. The highest BCUT2D eigenvalue weighted by Crippen LogP contribution is 2.27. The number of aromatic nitrogens is 1. The van der Waals surface area contributed by atoms with Gasteiger partial charge in [-0.15, -0.1) is 0 Å². The molecular formula is C10H8F2N2O2. The Morgan fingerprint density at radius 1 is 1.69 bits per heavy atom. The summed E-state index contributed by atoms with van der Waals surface area (Å²) in [4.78, 5) is 14.1. The van der Waals surface area contributed by atoms with Crippen LogP contribution in [-0.2, 0) is 11.2 Å². The lowest BCUT2D eigenvalue weighted by Gasteiger charge is -2.10. The number of halogens is 2. The van der Waals surface area contributed by atoms with E-state index in [9.17, 15) is 13.6 Å². The van der Waals surface area contributed by atoms with Crippen molar-refractivity contribution in [2.24, 2.45) is 0 Å². The number of hydrogen-bond donors (Lipinski definition) is 1. The molecule has 84 valence electrons. The Labute approximate surface area is 90.2 Å². The number of aliphatic carboxylic acids is 1. The van der Waals surface area contributed by atoms with E-state index in [-0.39, 0.29) is 16.8 Å². The molecule has 0 spiro atoms. The fraction of sp³-hybridized carbons (Fsp3) is 0.300. The minimum absolute atomic E-state index is 0.0382. The SMILES string of the molecule is Cc1c(C#N)ncc(CC(=O)O)c1C(F)F. The van der Waals surface area contributed by atoms with E-state index in [0.717, 1.165) is 6.20 Å². The summed E-state index contributed by atoms with van der Waals surface area (Å²) in [7, 11) is 0. The molecule has 0 saturated heterocycles. The molecule has 1 aromatic rings. The van der Waals surface area contributed by atoms with Gasteiger partial charge in [-0.25, -0.2) is 13.8 Å². The Balaban J connectivity index is 3.35. The van der Waals surface area contributed by atoms with Gasteiger partial charge in [-0.1, -0.05) is 0 Å². The molecule has 0 fully saturated rings. The second-order valence-electron chi connectivity index (χ2n) is 3.15. The zero-order chi connectivity index (χ0) is 12.3. The second kappa shape index (κ2) is 4.66. The van der Waals surface area contributed by atoms with Crippen LogP contribution in [0.5, 0.6) is 0 Å². The summed E-state index contributed by atoms with van der Waals surface area (Å²) >= 11 is 0. The molecule has 0 aromatic carbocycles. The first-order chi connectivity index (χ1) is 7.47. The van der Waals surface area contributed by atoms with E-state index >= 15 is 0 Å². The molecule has 0 aliphatic heterocycles. The molecule has 0 radical (unpaired) electrons. The van der Waals surface area contributed by atoms with Crippen LogP contribution in [-0.4, -0.2) is 16.1 Å². The number of nitriles is 1. The monoisotopic (exact) mass is 226 g/mol. The lowest BCUT2D eigenvalue weighted by molar-refractivity contribution is -0.136. The van der Waals surface area contributed by atoms with Crippen LogP contribution in [0.2, 0.25) is 0 Å². The third-order valence-corrected chi connectivity index (χ3v) is 2.12. The van der Waals surface area contributed by atoms with Gasteiger partial charge in [0.15, 0.2) is 0 Å². The van der Waals surface area contributed by atoms with Gasteiger partial charge in [-0.3, -0.25) is 4.79 Å². The van der Waals surface area contributed by atoms with E-state index in [1.54, 1.807) is 6.07 Å². The third kappa shape index (κ3) is 2.31. The maximum atomic E-state index is 12.7. The number of alkyl halides is 2. The van der Waals surface area contributed by atoms with Gasteiger partial charge in [-0.2, -0.15) is 5.26 Å². The second-order valence-corrected chi connectivity index (χ2v) is 3.15. The molecule has 16 heavy (non-hydrogen) atoms. The van der Waals surface area contributed by atoms with Crippen LogP contribution in [0.15, 0.2) is 6.20 Å². The number of carboxylic acids is 1. The molecule has 0 bridgehead atoms. The summed E-state index contributed by atoms with van der Waals surface area (Å²) in [6, 6.07) is 1.68. The fourth-order valence-corrected chi connectivity index (χ4v) is 1.40. The zero-order valence-electron chi connectivity index (χ0n) is 8.37. The topological polar surface area (TPSA) is 74.0 Å². The normalized spacial score (nSPS) is 10.2. The van der Waals surface area contributed by atoms with Crippen molar-refractivity contribution in [1.29, 1.82) is 5.26 Å². The first-order valence-corrected chi connectivity index (χ1v) is 4.35. The lowest BCUT2D eigenvalue weighted by atomic mass is 10.0. The first kappa shape index (κ1) is 12.0. The van der Waals surface area contributed by atoms with Crippen LogP contribution in [0, 0.1) is 18.3 Å². The fourth-order valence-electron chi connectivity index (χ4n) is 1.40. The van der Waals surface area contributed by atoms with Gasteiger partial charge in [0.1, 0.15) is 11.8 Å². The van der Waals surface area contributed by atoms with Gasteiger partial charge in [0, 0.05) is 11.8 Å². The molecule has 0 amide bonds. The van der Waals surface area contributed by atoms with Crippen LogP contribution in [0.1, 0.15) is 28.8 Å². The minimum Gasteiger partial charge on any atom is -0.481 e. The van der Waals surface area contributed by atoms with Crippen molar-refractivity contribution in [3.8, 4) is 6.07 Å². The molecule has 6 heteroatoms. The maximum Gasteiger partial charge on any atom is 0.307 e. The molecule has 4 nitrogen and oxygen atoms in total. The molecule has 0 saturated carbocycles. The Kier molecular flexibility index (Phi) is 3.51. The van der Waals surface area contributed by atoms with E-state index in [2.05, 4.69) is 4.98 Å². The van der Waals surface area contributed by atoms with Crippen molar-refractivity contribution >= 4 is 5.97 Å². The van der Waals surface area contributed by atoms with Gasteiger partial charge in [0.25, 0.3) is 6.43 Å². The third-order valence-electron chi connectivity index (χ3n) is 2.12. The molecule has 0 aliphatic carbocycles. The van der Waals surface area contributed by atoms with Gasteiger partial charge in [0.2, 0.25) is 0 Å². The summed E-state index contributed by atoms with van der Waals surface area (Å²) in [6.07, 6.45) is -2.33. The quantitative estimate of drug-likeness (QED) is 0.853. The number of hydrogen-bond acceptors (Lipinski definition) is 3. The highest BCUT2D eigenvalue weighted by atomic mass is 19.3. The maximum absolute atomic E-state index is 12.7. The van der Waals surface area contributed by atoms with E-state index in [1.165, 1.54) is 6.92 Å². The molecule has 0 atom stereocenters. The van der Waals surface area contributed by atoms with Gasteiger partial charge in [-0.05, 0) is 18.1 Å². The number of carboxylic acid groups (broad SMARTS) is 1. The van der Waals surface area contributed by atoms with Crippen molar-refractivity contribution in [1.82, 2.24) is 4.98 Å². The van der Waals surface area contributed by atoms with Gasteiger partial charge in [0.05, 0.1) is 6.42 Å². The highest BCUT2D eigenvalue weighted by molar-refractivity contribution is 5.71. The van der Waals surface area contributed by atoms with Crippen molar-refractivity contribution in [3.63, 3.8) is 0 Å². The molecular weight excluding hydrogens is 218 g/mol. The van der Waals surface area contributed by atoms with Crippen LogP contribution >= 0.6 is 0 Å². The molecule has 0 unspecified atom stereocenters. The predicted molar refractivity (Wildman–Crippen MR) is 50.0 cm³/mol. The average molecular weight is 226 g/mol. The Bertz CT molecular complexity index is 467. The van der Waals surface area contributed by atoms with Crippen molar-refractivity contribution < 1.29 is 18.7 Å². The Morgan fingerprint density at radius 2 is 2.31 bits per heavy atom. The largest absolute Gasteiger partial charge is 0.481 e. The van der Waals surface area contributed by atoms with E-state index in [4.69, 9.17) is 10.4 Å². The Hall–Kier alpha value is -2.03. The first-order valence-electron chi connectivity index (χ1n) is 4.35. The van der Waals surface area contributed by atoms with E-state index < -0.39 is 24.4 Å². The van der Waals surface area contributed by atoms with Gasteiger partial charge >= 0.3 is 5.97 Å². The van der Waals surface area contributed by atoms with Crippen LogP contribution in [0.3, 0.4) is 0 Å². The summed E-state index contributed by atoms with van der Waals surface area (Å²) in [5, 5.41) is 17.2. The van der Waals surface area contributed by atoms with E-state index in [1.807, 2.05) is 0 Å². The van der Waals surface area contributed by atoms with E-state index in [0.29, 0.717) is 0 Å². The number of pyridine rings is 1. The van der Waals surface area contributed by atoms with Crippen LogP contribution < -0.4 is 0 Å². The minimum atomic E-state index is -2.82. The molecule has 0 aliphatic rings. The van der Waals surface area contributed by atoms with Crippen molar-refractivity contribution in [2.75, 3.05) is 0 Å². The molecule has 1 N–H and O–H groups in total. The van der Waals surface area contributed by atoms with Crippen molar-refractivity contribution in [2.45, 2.75) is 19.8 Å². The summed E-state index contributed by atoms with van der Waals surface area (Å²) in [6.45, 7) is 1.33. The lowest BCUT2D eigenvalue weighted by Crippen LogP contribution is -2.08.